The van der Waals surface area contributed by atoms with Crippen LogP contribution in [0.2, 0.25) is 0 Å². The van der Waals surface area contributed by atoms with Crippen molar-refractivity contribution in [2.75, 3.05) is 6.54 Å². The van der Waals surface area contributed by atoms with E-state index < -0.39 is 0 Å². The lowest BCUT2D eigenvalue weighted by atomic mass is 10.1. The molecule has 0 aliphatic rings. The molecule has 2 rings (SSSR count). The van der Waals surface area contributed by atoms with Crippen LogP contribution in [0, 0.1) is 13.8 Å². The van der Waals surface area contributed by atoms with Gasteiger partial charge in [0.25, 0.3) is 0 Å². The second kappa shape index (κ2) is 7.62. The fourth-order valence-electron chi connectivity index (χ4n) is 2.21. The zero-order valence-electron chi connectivity index (χ0n) is 13.3. The van der Waals surface area contributed by atoms with Gasteiger partial charge in [-0.05, 0) is 57.0 Å². The molecular formula is C18H24N2S. The van der Waals surface area contributed by atoms with Crippen LogP contribution in [0.5, 0.6) is 0 Å². The molecule has 0 aliphatic heterocycles. The molecule has 0 bridgehead atoms. The summed E-state index contributed by atoms with van der Waals surface area (Å²) in [6.07, 6.45) is 3.02. The number of benzene rings is 1. The summed E-state index contributed by atoms with van der Waals surface area (Å²) in [4.78, 5) is 5.89. The molecule has 1 aromatic carbocycles. The molecule has 1 heterocycles. The molecule has 2 nitrogen and oxygen atoms in total. The maximum atomic E-state index is 4.60. The number of aromatic nitrogens is 1. The lowest BCUT2D eigenvalue weighted by Gasteiger charge is -2.17. The molecule has 2 aromatic rings. The van der Waals surface area contributed by atoms with Crippen LogP contribution >= 0.6 is 11.8 Å². The van der Waals surface area contributed by atoms with Crippen LogP contribution in [-0.4, -0.2) is 11.5 Å². The Labute approximate surface area is 132 Å². The van der Waals surface area contributed by atoms with Gasteiger partial charge in [0.1, 0.15) is 5.03 Å². The van der Waals surface area contributed by atoms with Gasteiger partial charge in [-0.1, -0.05) is 36.9 Å². The molecule has 0 aliphatic carbocycles. The molecule has 1 unspecified atom stereocenters. The van der Waals surface area contributed by atoms with Crippen LogP contribution in [0.15, 0.2) is 46.5 Å². The van der Waals surface area contributed by atoms with E-state index in [-0.39, 0.29) is 0 Å². The fraction of sp³-hybridized carbons (Fsp3) is 0.389. The first-order valence-electron chi connectivity index (χ1n) is 7.55. The number of rotatable bonds is 6. The highest BCUT2D eigenvalue weighted by Gasteiger charge is 2.12. The highest BCUT2D eigenvalue weighted by molar-refractivity contribution is 7.99. The van der Waals surface area contributed by atoms with E-state index in [0.717, 1.165) is 18.0 Å². The molecule has 112 valence electrons. The van der Waals surface area contributed by atoms with Crippen LogP contribution in [0.25, 0.3) is 0 Å². The van der Waals surface area contributed by atoms with E-state index in [4.69, 9.17) is 0 Å². The first-order valence-corrected chi connectivity index (χ1v) is 8.37. The normalized spacial score (nSPS) is 12.4. The molecule has 3 heteroatoms. The number of nitrogens with one attached hydrogen (secondary N) is 1. The van der Waals surface area contributed by atoms with Crippen molar-refractivity contribution >= 4 is 11.8 Å². The second-order valence-corrected chi connectivity index (χ2v) is 6.48. The molecule has 0 saturated heterocycles. The molecule has 1 atom stereocenters. The van der Waals surface area contributed by atoms with Gasteiger partial charge >= 0.3 is 0 Å². The quantitative estimate of drug-likeness (QED) is 0.820. The van der Waals surface area contributed by atoms with E-state index >= 15 is 0 Å². The molecule has 1 N–H and O–H groups in total. The van der Waals surface area contributed by atoms with Gasteiger partial charge in [-0.15, -0.1) is 0 Å². The van der Waals surface area contributed by atoms with Crippen molar-refractivity contribution < 1.29 is 0 Å². The SMILES string of the molecule is CCCNC(C)c1cccnc1Sc1cc(C)ccc1C. The Balaban J connectivity index is 2.25. The van der Waals surface area contributed by atoms with Crippen molar-refractivity contribution in [2.45, 2.75) is 50.1 Å². The van der Waals surface area contributed by atoms with E-state index in [1.165, 1.54) is 21.6 Å². The molecule has 0 fully saturated rings. The van der Waals surface area contributed by atoms with Gasteiger partial charge in [0.15, 0.2) is 0 Å². The highest BCUT2D eigenvalue weighted by atomic mass is 32.2. The van der Waals surface area contributed by atoms with E-state index in [0.29, 0.717) is 6.04 Å². The van der Waals surface area contributed by atoms with Gasteiger partial charge < -0.3 is 5.32 Å². The summed E-state index contributed by atoms with van der Waals surface area (Å²) in [7, 11) is 0. The van der Waals surface area contributed by atoms with Gasteiger partial charge in [0.2, 0.25) is 0 Å². The smallest absolute Gasteiger partial charge is 0.105 e. The second-order valence-electron chi connectivity index (χ2n) is 5.44. The summed E-state index contributed by atoms with van der Waals surface area (Å²) in [6.45, 7) is 9.72. The summed E-state index contributed by atoms with van der Waals surface area (Å²) in [5.41, 5.74) is 3.87. The minimum atomic E-state index is 0.325. The van der Waals surface area contributed by atoms with Crippen LogP contribution in [0.3, 0.4) is 0 Å². The number of nitrogens with zero attached hydrogens (tertiary/aromatic N) is 1. The number of pyridine rings is 1. The maximum Gasteiger partial charge on any atom is 0.105 e. The molecule has 0 saturated carbocycles. The Morgan fingerprint density at radius 2 is 2.05 bits per heavy atom. The Bertz CT molecular complexity index is 596. The molecule has 1 aromatic heterocycles. The Morgan fingerprint density at radius 3 is 2.81 bits per heavy atom. The average Bonchev–Trinajstić information content (AvgIpc) is 2.49. The molecule has 0 spiro atoms. The summed E-state index contributed by atoms with van der Waals surface area (Å²) >= 11 is 1.77. The third kappa shape index (κ3) is 4.32. The lowest BCUT2D eigenvalue weighted by molar-refractivity contribution is 0.560. The van der Waals surface area contributed by atoms with Crippen molar-refractivity contribution in [3.63, 3.8) is 0 Å². The van der Waals surface area contributed by atoms with Crippen LogP contribution in [-0.2, 0) is 0 Å². The third-order valence-corrected chi connectivity index (χ3v) is 4.71. The van der Waals surface area contributed by atoms with Crippen LogP contribution in [0.4, 0.5) is 0 Å². The van der Waals surface area contributed by atoms with E-state index in [2.05, 4.69) is 62.3 Å². The molecule has 21 heavy (non-hydrogen) atoms. The predicted octanol–water partition coefficient (Wildman–Crippen LogP) is 4.91. The Morgan fingerprint density at radius 1 is 1.24 bits per heavy atom. The van der Waals surface area contributed by atoms with Crippen molar-refractivity contribution in [1.82, 2.24) is 10.3 Å². The van der Waals surface area contributed by atoms with Crippen LogP contribution in [0.1, 0.15) is 43.0 Å². The lowest BCUT2D eigenvalue weighted by Crippen LogP contribution is -2.20. The first kappa shape index (κ1) is 16.1. The predicted molar refractivity (Wildman–Crippen MR) is 91.0 cm³/mol. The largest absolute Gasteiger partial charge is 0.310 e. The summed E-state index contributed by atoms with van der Waals surface area (Å²) in [5.74, 6) is 0. The Kier molecular flexibility index (Phi) is 5.83. The molecular weight excluding hydrogens is 276 g/mol. The van der Waals surface area contributed by atoms with E-state index in [1.54, 1.807) is 11.8 Å². The standard InChI is InChI=1S/C18H24N2S/c1-5-10-19-15(4)16-7-6-11-20-18(16)21-17-12-13(2)8-9-14(17)3/h6-9,11-12,15,19H,5,10H2,1-4H3. The monoisotopic (exact) mass is 300 g/mol. The van der Waals surface area contributed by atoms with Gasteiger partial charge in [0, 0.05) is 22.7 Å². The average molecular weight is 300 g/mol. The van der Waals surface area contributed by atoms with Crippen molar-refractivity contribution in [3.8, 4) is 0 Å². The fourth-order valence-corrected chi connectivity index (χ4v) is 3.37. The van der Waals surface area contributed by atoms with E-state index in [9.17, 15) is 0 Å². The van der Waals surface area contributed by atoms with Crippen molar-refractivity contribution in [2.24, 2.45) is 0 Å². The third-order valence-electron chi connectivity index (χ3n) is 3.52. The highest BCUT2D eigenvalue weighted by Crippen LogP contribution is 2.33. The van der Waals surface area contributed by atoms with Gasteiger partial charge in [-0.3, -0.25) is 0 Å². The summed E-state index contributed by atoms with van der Waals surface area (Å²) in [6, 6.07) is 11.1. The number of hydrogen-bond donors (Lipinski definition) is 1. The summed E-state index contributed by atoms with van der Waals surface area (Å²) in [5, 5.41) is 4.65. The van der Waals surface area contributed by atoms with Crippen molar-refractivity contribution in [1.29, 1.82) is 0 Å². The molecule has 0 amide bonds. The zero-order chi connectivity index (χ0) is 15.2. The van der Waals surface area contributed by atoms with E-state index in [1.807, 2.05) is 12.3 Å². The first-order chi connectivity index (χ1) is 10.1. The minimum absolute atomic E-state index is 0.325. The summed E-state index contributed by atoms with van der Waals surface area (Å²) < 4.78 is 0. The van der Waals surface area contributed by atoms with Gasteiger partial charge in [0.05, 0.1) is 0 Å². The zero-order valence-corrected chi connectivity index (χ0v) is 14.1. The Hall–Kier alpha value is -1.32. The maximum absolute atomic E-state index is 4.60. The number of hydrogen-bond acceptors (Lipinski definition) is 3. The van der Waals surface area contributed by atoms with Crippen molar-refractivity contribution in [3.05, 3.63) is 53.2 Å². The molecule has 0 radical (unpaired) electrons. The number of aryl methyl sites for hydroxylation is 2. The van der Waals surface area contributed by atoms with Gasteiger partial charge in [-0.25, -0.2) is 4.98 Å². The topological polar surface area (TPSA) is 24.9 Å². The minimum Gasteiger partial charge on any atom is -0.310 e. The van der Waals surface area contributed by atoms with Gasteiger partial charge in [-0.2, -0.15) is 0 Å². The van der Waals surface area contributed by atoms with Crippen LogP contribution < -0.4 is 5.32 Å².